The van der Waals surface area contributed by atoms with Gasteiger partial charge in [0.25, 0.3) is 0 Å². The SMILES string of the molecule is CC(C(=O)O)N(C)C(=O)N1CCCC(C(N)=O)C1. The summed E-state index contributed by atoms with van der Waals surface area (Å²) in [7, 11) is 1.44. The Hall–Kier alpha value is -1.79. The minimum atomic E-state index is -1.06. The van der Waals surface area contributed by atoms with Crippen LogP contribution < -0.4 is 5.73 Å². The molecule has 0 aromatic heterocycles. The standard InChI is InChI=1S/C11H19N3O4/c1-7(10(16)17)13(2)11(18)14-5-3-4-8(6-14)9(12)15/h7-8H,3-6H2,1-2H3,(H2,12,15)(H,16,17). The van der Waals surface area contributed by atoms with Crippen LogP contribution in [-0.4, -0.2) is 59.0 Å². The van der Waals surface area contributed by atoms with Crippen molar-refractivity contribution in [3.63, 3.8) is 0 Å². The van der Waals surface area contributed by atoms with Gasteiger partial charge in [-0.25, -0.2) is 9.59 Å². The van der Waals surface area contributed by atoms with Crippen molar-refractivity contribution in [2.75, 3.05) is 20.1 Å². The first kappa shape index (κ1) is 14.3. The molecule has 3 amide bonds. The highest BCUT2D eigenvalue weighted by atomic mass is 16.4. The number of nitrogens with zero attached hydrogens (tertiary/aromatic N) is 2. The van der Waals surface area contributed by atoms with Crippen LogP contribution in [0.4, 0.5) is 4.79 Å². The zero-order valence-corrected chi connectivity index (χ0v) is 10.6. The van der Waals surface area contributed by atoms with Crippen LogP contribution in [0.2, 0.25) is 0 Å². The van der Waals surface area contributed by atoms with E-state index in [-0.39, 0.29) is 18.5 Å². The lowest BCUT2D eigenvalue weighted by Gasteiger charge is -2.35. The summed E-state index contributed by atoms with van der Waals surface area (Å²) in [6, 6.07) is -1.28. The fourth-order valence-corrected chi connectivity index (χ4v) is 1.94. The summed E-state index contributed by atoms with van der Waals surface area (Å²) in [4.78, 5) is 36.6. The first-order valence-corrected chi connectivity index (χ1v) is 5.88. The summed E-state index contributed by atoms with van der Waals surface area (Å²) in [6.45, 7) is 2.24. The van der Waals surface area contributed by atoms with E-state index in [1.165, 1.54) is 18.9 Å². The second-order valence-electron chi connectivity index (χ2n) is 4.60. The van der Waals surface area contributed by atoms with Crippen molar-refractivity contribution >= 4 is 17.9 Å². The Morgan fingerprint density at radius 1 is 1.44 bits per heavy atom. The third-order valence-corrected chi connectivity index (χ3v) is 3.33. The molecule has 18 heavy (non-hydrogen) atoms. The van der Waals surface area contributed by atoms with Gasteiger partial charge in [-0.05, 0) is 19.8 Å². The van der Waals surface area contributed by atoms with E-state index in [1.54, 1.807) is 0 Å². The molecule has 0 aliphatic carbocycles. The maximum absolute atomic E-state index is 12.0. The number of rotatable bonds is 3. The molecule has 102 valence electrons. The Kier molecular flexibility index (Phi) is 4.52. The molecule has 0 radical (unpaired) electrons. The number of carboxylic acid groups (broad SMARTS) is 1. The number of likely N-dealkylation sites (tertiary alicyclic amines) is 1. The van der Waals surface area contributed by atoms with E-state index in [4.69, 9.17) is 10.8 Å². The largest absolute Gasteiger partial charge is 0.480 e. The first-order valence-electron chi connectivity index (χ1n) is 5.88. The van der Waals surface area contributed by atoms with Gasteiger partial charge < -0.3 is 20.6 Å². The maximum Gasteiger partial charge on any atom is 0.326 e. The molecule has 0 aromatic rings. The molecule has 1 aliphatic heterocycles. The number of hydrogen-bond acceptors (Lipinski definition) is 3. The summed E-state index contributed by atoms with van der Waals surface area (Å²) in [5, 5.41) is 8.85. The Bertz CT molecular complexity index is 358. The number of hydrogen-bond donors (Lipinski definition) is 2. The van der Waals surface area contributed by atoms with E-state index in [9.17, 15) is 14.4 Å². The number of aliphatic carboxylic acids is 1. The molecule has 0 aromatic carbocycles. The smallest absolute Gasteiger partial charge is 0.326 e. The average molecular weight is 257 g/mol. The quantitative estimate of drug-likeness (QED) is 0.724. The van der Waals surface area contributed by atoms with Gasteiger partial charge >= 0.3 is 12.0 Å². The monoisotopic (exact) mass is 257 g/mol. The first-order chi connectivity index (χ1) is 8.34. The number of carbonyl (C=O) groups excluding carboxylic acids is 2. The zero-order chi connectivity index (χ0) is 13.9. The number of likely N-dealkylation sites (N-methyl/N-ethyl adjacent to an activating group) is 1. The van der Waals surface area contributed by atoms with E-state index >= 15 is 0 Å². The molecule has 2 unspecified atom stereocenters. The molecule has 1 heterocycles. The van der Waals surface area contributed by atoms with Crippen LogP contribution in [0.1, 0.15) is 19.8 Å². The lowest BCUT2D eigenvalue weighted by Crippen LogP contribution is -2.52. The van der Waals surface area contributed by atoms with Gasteiger partial charge in [0.15, 0.2) is 0 Å². The fourth-order valence-electron chi connectivity index (χ4n) is 1.94. The predicted molar refractivity (Wildman–Crippen MR) is 63.7 cm³/mol. The third kappa shape index (κ3) is 3.12. The topological polar surface area (TPSA) is 104 Å². The van der Waals surface area contributed by atoms with Crippen molar-refractivity contribution in [1.82, 2.24) is 9.80 Å². The van der Waals surface area contributed by atoms with Crippen LogP contribution in [-0.2, 0) is 9.59 Å². The van der Waals surface area contributed by atoms with E-state index in [2.05, 4.69) is 0 Å². The Morgan fingerprint density at radius 2 is 2.06 bits per heavy atom. The molecule has 0 spiro atoms. The lowest BCUT2D eigenvalue weighted by atomic mass is 9.98. The van der Waals surface area contributed by atoms with Gasteiger partial charge in [0.1, 0.15) is 6.04 Å². The van der Waals surface area contributed by atoms with E-state index in [0.29, 0.717) is 19.4 Å². The number of urea groups is 1. The van der Waals surface area contributed by atoms with E-state index < -0.39 is 17.9 Å². The highest BCUT2D eigenvalue weighted by molar-refractivity contribution is 5.83. The molecule has 1 rings (SSSR count). The molecule has 1 saturated heterocycles. The van der Waals surface area contributed by atoms with Gasteiger partial charge in [-0.1, -0.05) is 0 Å². The molecular weight excluding hydrogens is 238 g/mol. The number of primary amides is 1. The van der Waals surface area contributed by atoms with Crippen molar-refractivity contribution in [2.45, 2.75) is 25.8 Å². The molecular formula is C11H19N3O4. The van der Waals surface area contributed by atoms with Crippen LogP contribution in [0.15, 0.2) is 0 Å². The average Bonchev–Trinajstić information content (AvgIpc) is 2.36. The predicted octanol–water partition coefficient (Wildman–Crippen LogP) is -0.291. The zero-order valence-electron chi connectivity index (χ0n) is 10.6. The summed E-state index contributed by atoms with van der Waals surface area (Å²) in [5.74, 6) is -1.81. The van der Waals surface area contributed by atoms with Gasteiger partial charge in [0.2, 0.25) is 5.91 Å². The normalized spacial score (nSPS) is 21.2. The lowest BCUT2D eigenvalue weighted by molar-refractivity contribution is -0.141. The Labute approximate surface area is 106 Å². The second kappa shape index (κ2) is 5.70. The summed E-state index contributed by atoms with van der Waals surface area (Å²) >= 11 is 0. The molecule has 7 heteroatoms. The second-order valence-corrected chi connectivity index (χ2v) is 4.60. The van der Waals surface area contributed by atoms with Gasteiger partial charge in [-0.2, -0.15) is 0 Å². The number of piperidine rings is 1. The van der Waals surface area contributed by atoms with Crippen molar-refractivity contribution in [3.8, 4) is 0 Å². The Balaban J connectivity index is 2.66. The van der Waals surface area contributed by atoms with E-state index in [0.717, 1.165) is 4.90 Å². The van der Waals surface area contributed by atoms with Gasteiger partial charge in [0.05, 0.1) is 5.92 Å². The van der Waals surface area contributed by atoms with Crippen LogP contribution in [0, 0.1) is 5.92 Å². The van der Waals surface area contributed by atoms with Crippen LogP contribution >= 0.6 is 0 Å². The minimum Gasteiger partial charge on any atom is -0.480 e. The summed E-state index contributed by atoms with van der Waals surface area (Å²) in [6.07, 6.45) is 1.38. The van der Waals surface area contributed by atoms with Crippen molar-refractivity contribution in [3.05, 3.63) is 0 Å². The molecule has 0 saturated carbocycles. The number of amides is 3. The van der Waals surface area contributed by atoms with Gasteiger partial charge in [-0.3, -0.25) is 4.79 Å². The minimum absolute atomic E-state index is 0.269. The van der Waals surface area contributed by atoms with Crippen LogP contribution in [0.5, 0.6) is 0 Å². The van der Waals surface area contributed by atoms with Gasteiger partial charge in [-0.15, -0.1) is 0 Å². The molecule has 1 aliphatic rings. The molecule has 3 N–H and O–H groups in total. The number of nitrogens with two attached hydrogens (primary N) is 1. The maximum atomic E-state index is 12.0. The van der Waals surface area contributed by atoms with Crippen molar-refractivity contribution in [2.24, 2.45) is 11.7 Å². The van der Waals surface area contributed by atoms with Gasteiger partial charge in [0, 0.05) is 20.1 Å². The molecule has 0 bridgehead atoms. The fraction of sp³-hybridized carbons (Fsp3) is 0.727. The van der Waals surface area contributed by atoms with Crippen LogP contribution in [0.3, 0.4) is 0 Å². The highest BCUT2D eigenvalue weighted by Gasteiger charge is 2.31. The third-order valence-electron chi connectivity index (χ3n) is 3.33. The number of carboxylic acids is 1. The van der Waals surface area contributed by atoms with Crippen molar-refractivity contribution < 1.29 is 19.5 Å². The van der Waals surface area contributed by atoms with Crippen LogP contribution in [0.25, 0.3) is 0 Å². The molecule has 7 nitrogen and oxygen atoms in total. The molecule has 2 atom stereocenters. The van der Waals surface area contributed by atoms with E-state index in [1.807, 2.05) is 0 Å². The molecule has 1 fully saturated rings. The Morgan fingerprint density at radius 3 is 2.56 bits per heavy atom. The van der Waals surface area contributed by atoms with Crippen molar-refractivity contribution in [1.29, 1.82) is 0 Å². The summed E-state index contributed by atoms with van der Waals surface area (Å²) < 4.78 is 0. The summed E-state index contributed by atoms with van der Waals surface area (Å²) in [5.41, 5.74) is 5.23. The highest BCUT2D eigenvalue weighted by Crippen LogP contribution is 2.17. The number of carbonyl (C=O) groups is 3.